The predicted molar refractivity (Wildman–Crippen MR) is 132 cm³/mol. The molecular formula is C28H24F3N3O4. The number of anilines is 1. The van der Waals surface area contributed by atoms with Crippen LogP contribution < -0.4 is 14.8 Å². The van der Waals surface area contributed by atoms with Gasteiger partial charge >= 0.3 is 6.18 Å². The minimum Gasteiger partial charge on any atom is -0.491 e. The number of fused-ring (bicyclic) bond motifs is 3. The number of nitrogens with one attached hydrogen (secondary N) is 1. The summed E-state index contributed by atoms with van der Waals surface area (Å²) in [4.78, 5) is 30.8. The van der Waals surface area contributed by atoms with Crippen molar-refractivity contribution in [2.45, 2.75) is 44.5 Å². The third kappa shape index (κ3) is 4.33. The van der Waals surface area contributed by atoms with Gasteiger partial charge in [-0.25, -0.2) is 0 Å². The molecule has 0 saturated carbocycles. The van der Waals surface area contributed by atoms with Gasteiger partial charge in [0.05, 0.1) is 18.2 Å². The molecule has 0 bridgehead atoms. The highest BCUT2D eigenvalue weighted by molar-refractivity contribution is 6.04. The number of benzene rings is 2. The summed E-state index contributed by atoms with van der Waals surface area (Å²) in [5, 5.41) is 2.85. The second-order valence-corrected chi connectivity index (χ2v) is 9.85. The van der Waals surface area contributed by atoms with E-state index in [9.17, 15) is 22.8 Å². The van der Waals surface area contributed by atoms with Crippen LogP contribution in [0.2, 0.25) is 0 Å². The number of halogens is 3. The summed E-state index contributed by atoms with van der Waals surface area (Å²) in [6.45, 7) is 2.20. The van der Waals surface area contributed by atoms with Crippen LogP contribution in [0.4, 0.5) is 18.9 Å². The van der Waals surface area contributed by atoms with Crippen molar-refractivity contribution < 1.29 is 32.2 Å². The molecule has 38 heavy (non-hydrogen) atoms. The molecule has 1 saturated heterocycles. The van der Waals surface area contributed by atoms with Gasteiger partial charge in [-0.05, 0) is 42.7 Å². The Morgan fingerprint density at radius 1 is 1.11 bits per heavy atom. The molecule has 0 radical (unpaired) electrons. The maximum atomic E-state index is 13.9. The fourth-order valence-electron chi connectivity index (χ4n) is 5.46. The molecule has 7 nitrogen and oxygen atoms in total. The molecule has 2 aromatic carbocycles. The summed E-state index contributed by atoms with van der Waals surface area (Å²) in [5.74, 6) is 0.389. The van der Waals surface area contributed by atoms with Crippen LogP contribution in [0, 0.1) is 6.92 Å². The van der Waals surface area contributed by atoms with Crippen LogP contribution in [0.5, 0.6) is 11.5 Å². The van der Waals surface area contributed by atoms with Crippen LogP contribution in [-0.4, -0.2) is 47.0 Å². The fraction of sp³-hybridized carbons (Fsp3) is 0.321. The first-order chi connectivity index (χ1) is 18.2. The lowest BCUT2D eigenvalue weighted by Gasteiger charge is -2.22. The molecule has 2 atom stereocenters. The predicted octanol–water partition coefficient (Wildman–Crippen LogP) is 5.02. The number of aromatic nitrogens is 1. The van der Waals surface area contributed by atoms with Gasteiger partial charge in [-0.3, -0.25) is 14.6 Å². The highest BCUT2D eigenvalue weighted by Gasteiger charge is 2.43. The monoisotopic (exact) mass is 523 g/mol. The molecule has 0 spiro atoms. The Balaban J connectivity index is 1.31. The molecule has 196 valence electrons. The highest BCUT2D eigenvalue weighted by Crippen LogP contribution is 2.42. The number of hydrogen-bond acceptors (Lipinski definition) is 5. The maximum absolute atomic E-state index is 13.9. The van der Waals surface area contributed by atoms with E-state index in [0.717, 1.165) is 17.4 Å². The molecule has 3 aromatic rings. The second kappa shape index (κ2) is 9.04. The number of hydrogen-bond donors (Lipinski definition) is 1. The molecular weight excluding hydrogens is 499 g/mol. The summed E-state index contributed by atoms with van der Waals surface area (Å²) in [6.07, 6.45) is -2.33. The third-order valence-electron chi connectivity index (χ3n) is 7.17. The molecule has 1 aromatic heterocycles. The summed E-state index contributed by atoms with van der Waals surface area (Å²) >= 11 is 0. The largest absolute Gasteiger partial charge is 0.491 e. The van der Waals surface area contributed by atoms with E-state index in [0.29, 0.717) is 30.6 Å². The van der Waals surface area contributed by atoms with E-state index in [1.54, 1.807) is 30.0 Å². The van der Waals surface area contributed by atoms with Crippen molar-refractivity contribution in [2.24, 2.45) is 0 Å². The van der Waals surface area contributed by atoms with Crippen molar-refractivity contribution in [3.05, 3.63) is 71.0 Å². The summed E-state index contributed by atoms with van der Waals surface area (Å²) in [5.41, 5.74) is 1.44. The normalized spacial score (nSPS) is 20.6. The van der Waals surface area contributed by atoms with E-state index in [-0.39, 0.29) is 53.6 Å². The molecule has 3 aliphatic heterocycles. The molecule has 1 N–H and O–H groups in total. The summed E-state index contributed by atoms with van der Waals surface area (Å²) in [6, 6.07) is 11.2. The Morgan fingerprint density at radius 2 is 1.95 bits per heavy atom. The van der Waals surface area contributed by atoms with Gasteiger partial charge in [-0.15, -0.1) is 0 Å². The van der Waals surface area contributed by atoms with E-state index in [1.807, 2.05) is 12.1 Å². The molecule has 0 unspecified atom stereocenters. The third-order valence-corrected chi connectivity index (χ3v) is 7.17. The van der Waals surface area contributed by atoms with E-state index >= 15 is 0 Å². The molecule has 10 heteroatoms. The van der Waals surface area contributed by atoms with Gasteiger partial charge < -0.3 is 19.7 Å². The summed E-state index contributed by atoms with van der Waals surface area (Å²) in [7, 11) is 0. The SMILES string of the molecule is Cc1cc2c(c(-c3cccnc3C(F)(F)F)c1)C(=O)N1C[C@@H](Oc3ccc4c(c3)NC(=O)CC4)C[C@@H]1CO2. The van der Waals surface area contributed by atoms with Crippen LogP contribution in [0.15, 0.2) is 48.7 Å². The minimum absolute atomic E-state index is 0.0429. The number of ether oxygens (including phenoxy) is 2. The van der Waals surface area contributed by atoms with Crippen LogP contribution in [0.1, 0.15) is 40.0 Å². The quantitative estimate of drug-likeness (QED) is 0.522. The minimum atomic E-state index is -4.69. The van der Waals surface area contributed by atoms with Gasteiger partial charge in [0.1, 0.15) is 24.2 Å². The zero-order valence-corrected chi connectivity index (χ0v) is 20.5. The Hall–Kier alpha value is -4.08. The van der Waals surface area contributed by atoms with Crippen LogP contribution in [-0.2, 0) is 17.4 Å². The van der Waals surface area contributed by atoms with Crippen LogP contribution >= 0.6 is 0 Å². The molecule has 2 amide bonds. The van der Waals surface area contributed by atoms with Gasteiger partial charge in [0.15, 0.2) is 5.69 Å². The number of alkyl halides is 3. The Bertz CT molecular complexity index is 1460. The Labute approximate surface area is 216 Å². The van der Waals surface area contributed by atoms with Crippen molar-refractivity contribution >= 4 is 17.5 Å². The number of carbonyl (C=O) groups excluding carboxylic acids is 2. The first kappa shape index (κ1) is 24.3. The van der Waals surface area contributed by atoms with Crippen molar-refractivity contribution in [3.8, 4) is 22.6 Å². The van der Waals surface area contributed by atoms with E-state index in [4.69, 9.17) is 9.47 Å². The van der Waals surface area contributed by atoms with Gasteiger partial charge in [0.25, 0.3) is 5.91 Å². The van der Waals surface area contributed by atoms with Crippen molar-refractivity contribution in [2.75, 3.05) is 18.5 Å². The van der Waals surface area contributed by atoms with E-state index in [2.05, 4.69) is 10.3 Å². The average molecular weight is 524 g/mol. The zero-order valence-electron chi connectivity index (χ0n) is 20.5. The topological polar surface area (TPSA) is 80.8 Å². The molecule has 6 rings (SSSR count). The van der Waals surface area contributed by atoms with Crippen LogP contribution in [0.25, 0.3) is 11.1 Å². The number of nitrogens with zero attached hydrogens (tertiary/aromatic N) is 2. The van der Waals surface area contributed by atoms with Crippen LogP contribution in [0.3, 0.4) is 0 Å². The number of pyridine rings is 1. The highest BCUT2D eigenvalue weighted by atomic mass is 19.4. The smallest absolute Gasteiger partial charge is 0.433 e. The van der Waals surface area contributed by atoms with Crippen molar-refractivity contribution in [1.29, 1.82) is 0 Å². The van der Waals surface area contributed by atoms with Crippen molar-refractivity contribution in [3.63, 3.8) is 0 Å². The van der Waals surface area contributed by atoms with Gasteiger partial charge in [0, 0.05) is 41.9 Å². The van der Waals surface area contributed by atoms with Gasteiger partial charge in [0.2, 0.25) is 5.91 Å². The van der Waals surface area contributed by atoms with Gasteiger partial charge in [-0.1, -0.05) is 18.2 Å². The number of rotatable bonds is 3. The van der Waals surface area contributed by atoms with Gasteiger partial charge in [-0.2, -0.15) is 13.2 Å². The summed E-state index contributed by atoms with van der Waals surface area (Å²) < 4.78 is 53.6. The zero-order chi connectivity index (χ0) is 26.6. The number of aryl methyl sites for hydroxylation is 2. The first-order valence-electron chi connectivity index (χ1n) is 12.4. The molecule has 1 fully saturated rings. The Morgan fingerprint density at radius 3 is 2.76 bits per heavy atom. The fourth-order valence-corrected chi connectivity index (χ4v) is 5.46. The molecule has 3 aliphatic rings. The maximum Gasteiger partial charge on any atom is 0.433 e. The van der Waals surface area contributed by atoms with E-state index in [1.165, 1.54) is 12.1 Å². The lowest BCUT2D eigenvalue weighted by molar-refractivity contribution is -0.140. The number of carbonyl (C=O) groups is 2. The molecule has 4 heterocycles. The average Bonchev–Trinajstić information content (AvgIpc) is 3.23. The lowest BCUT2D eigenvalue weighted by Crippen LogP contribution is -2.37. The standard InChI is InChI=1S/C28H24F3N3O4/c1-15-9-21(20-3-2-8-32-26(20)28(29,30)31)25-23(10-15)37-14-17-11-19(13-34(17)27(25)36)38-18-6-4-16-5-7-24(35)33-22(16)12-18/h2-4,6,8-10,12,17,19H,5,7,11,13-14H2,1H3,(H,33,35)/t17-,19+/m1/s1. The lowest BCUT2D eigenvalue weighted by atomic mass is 9.94. The Kier molecular flexibility index (Phi) is 5.77. The first-order valence-corrected chi connectivity index (χ1v) is 12.4. The number of amides is 2. The molecule has 0 aliphatic carbocycles. The van der Waals surface area contributed by atoms with E-state index < -0.39 is 17.8 Å². The van der Waals surface area contributed by atoms with Crippen molar-refractivity contribution in [1.82, 2.24) is 9.88 Å². The second-order valence-electron chi connectivity index (χ2n) is 9.85.